The number of aryl methyl sites for hydroxylation is 1. The molecule has 0 aliphatic heterocycles. The van der Waals surface area contributed by atoms with Crippen LogP contribution in [-0.2, 0) is 6.18 Å². The zero-order valence-corrected chi connectivity index (χ0v) is 18.2. The predicted molar refractivity (Wildman–Crippen MR) is 120 cm³/mol. The predicted octanol–water partition coefficient (Wildman–Crippen LogP) is 6.84. The van der Waals surface area contributed by atoms with Crippen molar-refractivity contribution in [2.24, 2.45) is 5.73 Å². The third kappa shape index (κ3) is 4.69. The molecular formula is C24H21ClF3N3O. The van der Waals surface area contributed by atoms with Gasteiger partial charge in [0.2, 0.25) is 5.82 Å². The fourth-order valence-electron chi connectivity index (χ4n) is 3.46. The molecule has 0 spiro atoms. The van der Waals surface area contributed by atoms with Crippen LogP contribution in [0.25, 0.3) is 34.0 Å². The smallest absolute Gasteiger partial charge is 0.334 e. The summed E-state index contributed by atoms with van der Waals surface area (Å²) in [5.41, 5.74) is 8.94. The van der Waals surface area contributed by atoms with Crippen LogP contribution in [0.15, 0.2) is 71.3 Å². The largest absolute Gasteiger partial charge is 0.417 e. The van der Waals surface area contributed by atoms with E-state index in [2.05, 4.69) is 10.1 Å². The number of rotatable bonds is 4. The summed E-state index contributed by atoms with van der Waals surface area (Å²) in [7, 11) is 0. The molecule has 4 nitrogen and oxygen atoms in total. The van der Waals surface area contributed by atoms with Gasteiger partial charge in [0.05, 0.1) is 5.56 Å². The molecule has 1 aromatic heterocycles. The van der Waals surface area contributed by atoms with Gasteiger partial charge in [-0.15, -0.1) is 12.4 Å². The summed E-state index contributed by atoms with van der Waals surface area (Å²) in [4.78, 5) is 4.44. The van der Waals surface area contributed by atoms with Crippen molar-refractivity contribution in [3.05, 3.63) is 83.4 Å². The monoisotopic (exact) mass is 459 g/mol. The zero-order valence-electron chi connectivity index (χ0n) is 17.4. The van der Waals surface area contributed by atoms with E-state index in [0.717, 1.165) is 17.2 Å². The Morgan fingerprint density at radius 3 is 2.19 bits per heavy atom. The highest BCUT2D eigenvalue weighted by molar-refractivity contribution is 5.85. The highest BCUT2D eigenvalue weighted by Gasteiger charge is 2.33. The number of aromatic nitrogens is 2. The van der Waals surface area contributed by atoms with Crippen LogP contribution in [0.4, 0.5) is 13.2 Å². The van der Waals surface area contributed by atoms with Crippen LogP contribution in [0.2, 0.25) is 0 Å². The van der Waals surface area contributed by atoms with E-state index >= 15 is 0 Å². The topological polar surface area (TPSA) is 64.9 Å². The molecule has 0 fully saturated rings. The molecule has 1 heterocycles. The van der Waals surface area contributed by atoms with Gasteiger partial charge in [-0.2, -0.15) is 18.2 Å². The molecule has 0 amide bonds. The van der Waals surface area contributed by atoms with E-state index < -0.39 is 11.7 Å². The van der Waals surface area contributed by atoms with Gasteiger partial charge in [0.1, 0.15) is 0 Å². The van der Waals surface area contributed by atoms with Crippen molar-refractivity contribution < 1.29 is 17.7 Å². The summed E-state index contributed by atoms with van der Waals surface area (Å²) in [6, 6.07) is 18.1. The Bertz CT molecular complexity index is 1220. The second kappa shape index (κ2) is 9.14. The van der Waals surface area contributed by atoms with Gasteiger partial charge >= 0.3 is 6.18 Å². The first-order valence-electron chi connectivity index (χ1n) is 9.71. The number of nitrogens with zero attached hydrogens (tertiary/aromatic N) is 2. The van der Waals surface area contributed by atoms with Crippen molar-refractivity contribution in [2.75, 3.05) is 0 Å². The summed E-state index contributed by atoms with van der Waals surface area (Å²) in [5, 5.41) is 4.03. The average molecular weight is 460 g/mol. The summed E-state index contributed by atoms with van der Waals surface area (Å²) < 4.78 is 45.6. The van der Waals surface area contributed by atoms with Crippen LogP contribution in [0.1, 0.15) is 29.7 Å². The average Bonchev–Trinajstić information content (AvgIpc) is 3.23. The van der Waals surface area contributed by atoms with Gasteiger partial charge in [0, 0.05) is 17.2 Å². The standard InChI is InChI=1S/C24H20F3N3O.ClH/c1-14-13-18(11-12-19(14)20-5-3-4-6-21(20)24(25,26)27)23-29-22(30-31-23)17-9-7-16(8-10-17)15(2)28;/h3-13,15H,28H2,1-2H3;1H. The first-order valence-corrected chi connectivity index (χ1v) is 9.71. The minimum Gasteiger partial charge on any atom is -0.334 e. The maximum Gasteiger partial charge on any atom is 0.417 e. The Labute approximate surface area is 189 Å². The molecule has 3 aromatic carbocycles. The zero-order chi connectivity index (χ0) is 22.2. The van der Waals surface area contributed by atoms with Crippen LogP contribution in [0.5, 0.6) is 0 Å². The lowest BCUT2D eigenvalue weighted by Crippen LogP contribution is -2.07. The second-order valence-corrected chi connectivity index (χ2v) is 7.41. The van der Waals surface area contributed by atoms with E-state index in [1.54, 1.807) is 31.2 Å². The molecule has 4 rings (SSSR count). The van der Waals surface area contributed by atoms with Gasteiger partial charge in [-0.25, -0.2) is 0 Å². The van der Waals surface area contributed by atoms with E-state index in [4.69, 9.17) is 10.3 Å². The molecule has 2 N–H and O–H groups in total. The SMILES string of the molecule is Cc1cc(-c2nc(-c3ccc(C(C)N)cc3)no2)ccc1-c1ccccc1C(F)(F)F.Cl. The number of nitrogens with two attached hydrogens (primary N) is 1. The van der Waals surface area contributed by atoms with Crippen molar-refractivity contribution in [3.63, 3.8) is 0 Å². The minimum absolute atomic E-state index is 0. The van der Waals surface area contributed by atoms with Gasteiger partial charge in [-0.1, -0.05) is 53.7 Å². The van der Waals surface area contributed by atoms with E-state index in [9.17, 15) is 13.2 Å². The van der Waals surface area contributed by atoms with Crippen molar-refractivity contribution in [1.29, 1.82) is 0 Å². The minimum atomic E-state index is -4.43. The fourth-order valence-corrected chi connectivity index (χ4v) is 3.46. The Hall–Kier alpha value is -3.16. The fraction of sp³-hybridized carbons (Fsp3) is 0.167. The first-order chi connectivity index (χ1) is 14.7. The maximum atomic E-state index is 13.4. The molecule has 0 aliphatic carbocycles. The van der Waals surface area contributed by atoms with Crippen molar-refractivity contribution >= 4 is 12.4 Å². The number of alkyl halides is 3. The summed E-state index contributed by atoms with van der Waals surface area (Å²) in [5.74, 6) is 0.723. The van der Waals surface area contributed by atoms with Crippen LogP contribution < -0.4 is 5.73 Å². The molecule has 32 heavy (non-hydrogen) atoms. The lowest BCUT2D eigenvalue weighted by Gasteiger charge is -2.14. The highest BCUT2D eigenvalue weighted by Crippen LogP contribution is 2.38. The van der Waals surface area contributed by atoms with Gasteiger partial charge in [0.15, 0.2) is 0 Å². The van der Waals surface area contributed by atoms with E-state index in [1.165, 1.54) is 12.1 Å². The Morgan fingerprint density at radius 2 is 1.56 bits per heavy atom. The van der Waals surface area contributed by atoms with Gasteiger partial charge in [-0.05, 0) is 54.3 Å². The third-order valence-electron chi connectivity index (χ3n) is 5.12. The molecule has 0 saturated carbocycles. The Balaban J connectivity index is 0.00000289. The van der Waals surface area contributed by atoms with Crippen LogP contribution in [-0.4, -0.2) is 10.1 Å². The van der Waals surface area contributed by atoms with E-state index in [0.29, 0.717) is 28.4 Å². The Kier molecular flexibility index (Phi) is 6.71. The molecule has 0 saturated heterocycles. The lowest BCUT2D eigenvalue weighted by atomic mass is 9.94. The Morgan fingerprint density at radius 1 is 0.906 bits per heavy atom. The maximum absolute atomic E-state index is 13.4. The quantitative estimate of drug-likeness (QED) is 0.363. The normalized spacial score (nSPS) is 12.3. The van der Waals surface area contributed by atoms with Gasteiger partial charge < -0.3 is 10.3 Å². The molecule has 1 unspecified atom stereocenters. The summed E-state index contributed by atoms with van der Waals surface area (Å²) in [6.07, 6.45) is -4.43. The second-order valence-electron chi connectivity index (χ2n) is 7.41. The number of halogens is 4. The molecule has 166 valence electrons. The van der Waals surface area contributed by atoms with Crippen molar-refractivity contribution in [3.8, 4) is 34.0 Å². The molecule has 1 atom stereocenters. The highest BCUT2D eigenvalue weighted by atomic mass is 35.5. The molecule has 0 bridgehead atoms. The van der Waals surface area contributed by atoms with E-state index in [-0.39, 0.29) is 24.0 Å². The van der Waals surface area contributed by atoms with Gasteiger partial charge in [-0.3, -0.25) is 0 Å². The van der Waals surface area contributed by atoms with E-state index in [1.807, 2.05) is 31.2 Å². The summed E-state index contributed by atoms with van der Waals surface area (Å²) >= 11 is 0. The van der Waals surface area contributed by atoms with Crippen LogP contribution in [0.3, 0.4) is 0 Å². The molecular weight excluding hydrogens is 439 g/mol. The van der Waals surface area contributed by atoms with Crippen LogP contribution >= 0.6 is 12.4 Å². The summed E-state index contributed by atoms with van der Waals surface area (Å²) in [6.45, 7) is 3.66. The molecule has 0 aliphatic rings. The van der Waals surface area contributed by atoms with Crippen LogP contribution in [0, 0.1) is 6.92 Å². The number of hydrogen-bond donors (Lipinski definition) is 1. The van der Waals surface area contributed by atoms with Crippen molar-refractivity contribution in [2.45, 2.75) is 26.1 Å². The van der Waals surface area contributed by atoms with Crippen molar-refractivity contribution in [1.82, 2.24) is 10.1 Å². The number of hydrogen-bond acceptors (Lipinski definition) is 4. The lowest BCUT2D eigenvalue weighted by molar-refractivity contribution is -0.137. The third-order valence-corrected chi connectivity index (χ3v) is 5.12. The molecule has 0 radical (unpaired) electrons. The molecule has 4 aromatic rings. The number of benzene rings is 3. The first kappa shape index (κ1) is 23.5. The molecule has 8 heteroatoms. The van der Waals surface area contributed by atoms with Gasteiger partial charge in [0.25, 0.3) is 5.89 Å².